The fraction of sp³-hybridized carbons (Fsp3) is 0.643. The lowest BCUT2D eigenvalue weighted by atomic mass is 10.0. The van der Waals surface area contributed by atoms with E-state index in [1.807, 2.05) is 0 Å². The molecule has 0 bridgehead atoms. The van der Waals surface area contributed by atoms with E-state index in [-0.39, 0.29) is 11.9 Å². The summed E-state index contributed by atoms with van der Waals surface area (Å²) in [4.78, 5) is 21.1. The Bertz CT molecular complexity index is 474. The molecule has 19 heavy (non-hydrogen) atoms. The largest absolute Gasteiger partial charge is 0.461 e. The normalized spacial score (nSPS) is 15.7. The first-order valence-electron chi connectivity index (χ1n) is 6.94. The van der Waals surface area contributed by atoms with E-state index in [2.05, 4.69) is 29.1 Å². The minimum Gasteiger partial charge on any atom is -0.461 e. The average molecular weight is 263 g/mol. The van der Waals surface area contributed by atoms with Gasteiger partial charge in [0.1, 0.15) is 5.82 Å². The number of hydrogen-bond acceptors (Lipinski definition) is 5. The molecule has 0 saturated heterocycles. The van der Waals surface area contributed by atoms with Crippen molar-refractivity contribution in [1.29, 1.82) is 0 Å². The van der Waals surface area contributed by atoms with E-state index in [4.69, 9.17) is 4.74 Å². The molecule has 1 aliphatic heterocycles. The number of ether oxygens (including phenoxy) is 1. The summed E-state index contributed by atoms with van der Waals surface area (Å²) in [6, 6.07) is 0. The van der Waals surface area contributed by atoms with E-state index >= 15 is 0 Å². The summed E-state index contributed by atoms with van der Waals surface area (Å²) in [6.45, 7) is 7.89. The molecule has 0 fully saturated rings. The van der Waals surface area contributed by atoms with Crippen LogP contribution < -0.4 is 5.32 Å². The Morgan fingerprint density at radius 2 is 2.21 bits per heavy atom. The highest BCUT2D eigenvalue weighted by Gasteiger charge is 2.24. The standard InChI is InChI=1S/C14H21N3O2/c1-4-9(3)13-16-11-6-7-15-8-10(11)12(17-13)14(18)19-5-2/h9,15H,4-8H2,1-3H3. The second-order valence-electron chi connectivity index (χ2n) is 4.81. The van der Waals surface area contributed by atoms with Gasteiger partial charge in [-0.05, 0) is 13.3 Å². The lowest BCUT2D eigenvalue weighted by Gasteiger charge is -2.20. The Labute approximate surface area is 113 Å². The Balaban J connectivity index is 2.46. The molecule has 1 aromatic heterocycles. The lowest BCUT2D eigenvalue weighted by molar-refractivity contribution is 0.0516. The highest BCUT2D eigenvalue weighted by molar-refractivity contribution is 5.89. The maximum Gasteiger partial charge on any atom is 0.357 e. The van der Waals surface area contributed by atoms with E-state index in [0.717, 1.165) is 36.5 Å². The van der Waals surface area contributed by atoms with Crippen molar-refractivity contribution in [2.75, 3.05) is 13.2 Å². The van der Waals surface area contributed by atoms with Crippen LogP contribution in [0.4, 0.5) is 0 Å². The molecule has 5 nitrogen and oxygen atoms in total. The van der Waals surface area contributed by atoms with Gasteiger partial charge < -0.3 is 10.1 Å². The lowest BCUT2D eigenvalue weighted by Crippen LogP contribution is -2.29. The number of hydrogen-bond donors (Lipinski definition) is 1. The number of nitrogens with zero attached hydrogens (tertiary/aromatic N) is 2. The molecule has 104 valence electrons. The molecular weight excluding hydrogens is 242 g/mol. The molecule has 0 radical (unpaired) electrons. The van der Waals surface area contributed by atoms with Gasteiger partial charge in [-0.3, -0.25) is 0 Å². The smallest absolute Gasteiger partial charge is 0.357 e. The van der Waals surface area contributed by atoms with Gasteiger partial charge >= 0.3 is 5.97 Å². The van der Waals surface area contributed by atoms with Crippen molar-refractivity contribution in [3.63, 3.8) is 0 Å². The summed E-state index contributed by atoms with van der Waals surface area (Å²) in [6.07, 6.45) is 1.80. The molecule has 0 spiro atoms. The van der Waals surface area contributed by atoms with Crippen LogP contribution in [0.15, 0.2) is 0 Å². The Kier molecular flexibility index (Phi) is 4.47. The number of fused-ring (bicyclic) bond motifs is 1. The van der Waals surface area contributed by atoms with E-state index in [9.17, 15) is 4.79 Å². The van der Waals surface area contributed by atoms with E-state index < -0.39 is 0 Å². The second-order valence-corrected chi connectivity index (χ2v) is 4.81. The van der Waals surface area contributed by atoms with E-state index in [1.54, 1.807) is 6.92 Å². The van der Waals surface area contributed by atoms with Gasteiger partial charge in [-0.25, -0.2) is 14.8 Å². The van der Waals surface area contributed by atoms with Crippen LogP contribution in [0.1, 0.15) is 60.7 Å². The SMILES string of the molecule is CCOC(=O)c1nc(C(C)CC)nc2c1CNCC2. The third-order valence-electron chi connectivity index (χ3n) is 3.47. The van der Waals surface area contributed by atoms with Gasteiger partial charge in [0.15, 0.2) is 5.69 Å². The molecule has 2 heterocycles. The number of esters is 1. The second kappa shape index (κ2) is 6.10. The van der Waals surface area contributed by atoms with Crippen molar-refractivity contribution in [3.8, 4) is 0 Å². The molecule has 5 heteroatoms. The molecule has 1 unspecified atom stereocenters. The predicted molar refractivity (Wildman–Crippen MR) is 72.1 cm³/mol. The van der Waals surface area contributed by atoms with Crippen molar-refractivity contribution in [2.45, 2.75) is 46.1 Å². The fourth-order valence-corrected chi connectivity index (χ4v) is 2.13. The van der Waals surface area contributed by atoms with Crippen LogP contribution in [0.3, 0.4) is 0 Å². The Morgan fingerprint density at radius 1 is 1.42 bits per heavy atom. The highest BCUT2D eigenvalue weighted by Crippen LogP contribution is 2.21. The quantitative estimate of drug-likeness (QED) is 0.839. The fourth-order valence-electron chi connectivity index (χ4n) is 2.13. The monoisotopic (exact) mass is 263 g/mol. The van der Waals surface area contributed by atoms with Gasteiger partial charge in [0.05, 0.1) is 12.3 Å². The van der Waals surface area contributed by atoms with Crippen LogP contribution in [-0.2, 0) is 17.7 Å². The maximum atomic E-state index is 12.0. The van der Waals surface area contributed by atoms with Gasteiger partial charge in [-0.2, -0.15) is 0 Å². The first kappa shape index (κ1) is 13.9. The molecule has 0 amide bonds. The van der Waals surface area contributed by atoms with E-state index in [0.29, 0.717) is 18.8 Å². The molecule has 1 aromatic rings. The summed E-state index contributed by atoms with van der Waals surface area (Å²) in [7, 11) is 0. The van der Waals surface area contributed by atoms with Gasteiger partial charge in [-0.1, -0.05) is 13.8 Å². The van der Waals surface area contributed by atoms with Crippen molar-refractivity contribution >= 4 is 5.97 Å². The van der Waals surface area contributed by atoms with Crippen LogP contribution in [0.5, 0.6) is 0 Å². The van der Waals surface area contributed by atoms with E-state index in [1.165, 1.54) is 0 Å². The number of aromatic nitrogens is 2. The molecular formula is C14H21N3O2. The molecule has 1 aliphatic rings. The van der Waals surface area contributed by atoms with Crippen LogP contribution in [0.25, 0.3) is 0 Å². The molecule has 0 aromatic carbocycles. The predicted octanol–water partition coefficient (Wildman–Crippen LogP) is 1.81. The van der Waals surface area contributed by atoms with Crippen LogP contribution in [0, 0.1) is 0 Å². The zero-order valence-electron chi connectivity index (χ0n) is 11.8. The molecule has 1 N–H and O–H groups in total. The number of rotatable bonds is 4. The number of carbonyl (C=O) groups excluding carboxylic acids is 1. The van der Waals surface area contributed by atoms with Gasteiger partial charge in [-0.15, -0.1) is 0 Å². The molecule has 2 rings (SSSR count). The molecule has 0 saturated carbocycles. The Hall–Kier alpha value is -1.49. The maximum absolute atomic E-state index is 12.0. The van der Waals surface area contributed by atoms with Crippen molar-refractivity contribution in [2.24, 2.45) is 0 Å². The summed E-state index contributed by atoms with van der Waals surface area (Å²) < 4.78 is 5.11. The minimum atomic E-state index is -0.339. The van der Waals surface area contributed by atoms with Gasteiger partial charge in [0.2, 0.25) is 0 Å². The van der Waals surface area contributed by atoms with Crippen LogP contribution >= 0.6 is 0 Å². The van der Waals surface area contributed by atoms with Crippen molar-refractivity contribution in [1.82, 2.24) is 15.3 Å². The summed E-state index contributed by atoms with van der Waals surface area (Å²) in [5.41, 5.74) is 2.33. The zero-order valence-corrected chi connectivity index (χ0v) is 11.8. The summed E-state index contributed by atoms with van der Waals surface area (Å²) in [5.74, 6) is 0.675. The third-order valence-corrected chi connectivity index (χ3v) is 3.47. The van der Waals surface area contributed by atoms with Crippen LogP contribution in [-0.4, -0.2) is 29.1 Å². The van der Waals surface area contributed by atoms with Gasteiger partial charge in [0.25, 0.3) is 0 Å². The molecule has 1 atom stereocenters. The third kappa shape index (κ3) is 2.92. The first-order valence-corrected chi connectivity index (χ1v) is 6.94. The highest BCUT2D eigenvalue weighted by atomic mass is 16.5. The Morgan fingerprint density at radius 3 is 2.89 bits per heavy atom. The summed E-state index contributed by atoms with van der Waals surface area (Å²) >= 11 is 0. The minimum absolute atomic E-state index is 0.258. The van der Waals surface area contributed by atoms with Crippen molar-refractivity contribution in [3.05, 3.63) is 22.8 Å². The van der Waals surface area contributed by atoms with Gasteiger partial charge in [0, 0.05) is 31.0 Å². The number of nitrogens with one attached hydrogen (secondary N) is 1. The first-order chi connectivity index (χ1) is 9.17. The summed E-state index contributed by atoms with van der Waals surface area (Å²) in [5, 5.41) is 3.25. The number of carbonyl (C=O) groups is 1. The van der Waals surface area contributed by atoms with Crippen molar-refractivity contribution < 1.29 is 9.53 Å². The topological polar surface area (TPSA) is 64.1 Å². The molecule has 0 aliphatic carbocycles. The van der Waals surface area contributed by atoms with Crippen LogP contribution in [0.2, 0.25) is 0 Å². The average Bonchev–Trinajstić information content (AvgIpc) is 2.45. The zero-order chi connectivity index (χ0) is 13.8.